The number of sulfonamides is 1. The van der Waals surface area contributed by atoms with Crippen LogP contribution in [0.4, 0.5) is 5.69 Å². The van der Waals surface area contributed by atoms with E-state index >= 15 is 0 Å². The number of nitrogens with one attached hydrogen (secondary N) is 1. The van der Waals surface area contributed by atoms with Crippen molar-refractivity contribution in [1.29, 1.82) is 0 Å². The number of amides is 1. The van der Waals surface area contributed by atoms with Crippen molar-refractivity contribution in [2.24, 2.45) is 0 Å². The third-order valence-corrected chi connectivity index (χ3v) is 5.87. The van der Waals surface area contributed by atoms with Crippen LogP contribution in [0.5, 0.6) is 0 Å². The molecule has 0 aliphatic carbocycles. The van der Waals surface area contributed by atoms with Gasteiger partial charge in [-0.3, -0.25) is 9.10 Å². The molecule has 0 aromatic heterocycles. The Hall–Kier alpha value is -2.05. The molecule has 140 valence electrons. The lowest BCUT2D eigenvalue weighted by atomic mass is 10.2. The Labute approximate surface area is 160 Å². The van der Waals surface area contributed by atoms with Crippen LogP contribution in [0.25, 0.3) is 0 Å². The number of carbonyl (C=O) groups is 1. The first-order valence-corrected chi connectivity index (χ1v) is 10.3. The van der Waals surface area contributed by atoms with Crippen molar-refractivity contribution in [3.8, 4) is 0 Å². The lowest BCUT2D eigenvalue weighted by Crippen LogP contribution is -2.41. The zero-order chi connectivity index (χ0) is 19.2. The van der Waals surface area contributed by atoms with Crippen molar-refractivity contribution in [1.82, 2.24) is 5.32 Å². The zero-order valence-electron chi connectivity index (χ0n) is 14.9. The number of nitrogens with zero attached hydrogens (tertiary/aromatic N) is 1. The van der Waals surface area contributed by atoms with Crippen LogP contribution in [-0.4, -0.2) is 27.4 Å². The maximum Gasteiger partial charge on any atom is 0.264 e. The van der Waals surface area contributed by atoms with Crippen LogP contribution >= 0.6 is 11.6 Å². The minimum atomic E-state index is -3.90. The van der Waals surface area contributed by atoms with E-state index in [4.69, 9.17) is 11.6 Å². The first-order chi connectivity index (χ1) is 12.3. The molecule has 0 aliphatic heterocycles. The summed E-state index contributed by atoms with van der Waals surface area (Å²) in [5.41, 5.74) is 1.36. The molecule has 0 spiro atoms. The summed E-state index contributed by atoms with van der Waals surface area (Å²) >= 11 is 5.86. The highest BCUT2D eigenvalue weighted by atomic mass is 35.5. The molecule has 7 heteroatoms. The number of unbranched alkanes of at least 4 members (excludes halogenated alkanes) is 1. The molecular weight excluding hydrogens is 372 g/mol. The van der Waals surface area contributed by atoms with Gasteiger partial charge in [-0.25, -0.2) is 8.42 Å². The molecule has 0 saturated heterocycles. The molecule has 26 heavy (non-hydrogen) atoms. The van der Waals surface area contributed by atoms with Crippen molar-refractivity contribution in [2.75, 3.05) is 17.4 Å². The Morgan fingerprint density at radius 2 is 1.85 bits per heavy atom. The summed E-state index contributed by atoms with van der Waals surface area (Å²) in [7, 11) is -3.90. The Morgan fingerprint density at radius 3 is 2.46 bits per heavy atom. The topological polar surface area (TPSA) is 66.5 Å². The summed E-state index contributed by atoms with van der Waals surface area (Å²) in [5.74, 6) is -0.336. The van der Waals surface area contributed by atoms with Gasteiger partial charge in [0.25, 0.3) is 10.0 Å². The van der Waals surface area contributed by atoms with Crippen LogP contribution < -0.4 is 9.62 Å². The van der Waals surface area contributed by atoms with Crippen molar-refractivity contribution >= 4 is 33.2 Å². The average Bonchev–Trinajstić information content (AvgIpc) is 2.60. The van der Waals surface area contributed by atoms with Crippen LogP contribution in [0.3, 0.4) is 0 Å². The standard InChI is InChI=1S/C19H23ClN2O3S/c1-3-4-12-21-19(23)14-22(17-7-5-6-15(2)13-17)26(24,25)18-10-8-16(20)9-11-18/h5-11,13H,3-4,12,14H2,1-2H3,(H,21,23). The van der Waals surface area contributed by atoms with E-state index in [-0.39, 0.29) is 17.3 Å². The smallest absolute Gasteiger partial charge is 0.264 e. The lowest BCUT2D eigenvalue weighted by molar-refractivity contribution is -0.119. The van der Waals surface area contributed by atoms with Crippen molar-refractivity contribution in [3.05, 3.63) is 59.1 Å². The van der Waals surface area contributed by atoms with E-state index < -0.39 is 10.0 Å². The second-order valence-electron chi connectivity index (χ2n) is 6.01. The van der Waals surface area contributed by atoms with E-state index in [1.165, 1.54) is 24.3 Å². The molecule has 0 atom stereocenters. The molecule has 0 unspecified atom stereocenters. The monoisotopic (exact) mass is 394 g/mol. The molecule has 2 aromatic rings. The fourth-order valence-electron chi connectivity index (χ4n) is 2.42. The third kappa shape index (κ3) is 5.22. The number of anilines is 1. The summed E-state index contributed by atoms with van der Waals surface area (Å²) < 4.78 is 27.4. The van der Waals surface area contributed by atoms with E-state index in [9.17, 15) is 13.2 Å². The predicted molar refractivity (Wildman–Crippen MR) is 105 cm³/mol. The number of hydrogen-bond acceptors (Lipinski definition) is 3. The molecule has 0 heterocycles. The van der Waals surface area contributed by atoms with E-state index in [0.29, 0.717) is 17.3 Å². The van der Waals surface area contributed by atoms with E-state index in [1.54, 1.807) is 18.2 Å². The number of halogens is 1. The molecule has 0 fully saturated rings. The van der Waals surface area contributed by atoms with Crippen molar-refractivity contribution in [2.45, 2.75) is 31.6 Å². The quantitative estimate of drug-likeness (QED) is 0.693. The van der Waals surface area contributed by atoms with Gasteiger partial charge in [0.2, 0.25) is 5.91 Å². The van der Waals surface area contributed by atoms with Gasteiger partial charge in [-0.05, 0) is 55.3 Å². The highest BCUT2D eigenvalue weighted by molar-refractivity contribution is 7.92. The Morgan fingerprint density at radius 1 is 1.15 bits per heavy atom. The molecule has 2 rings (SSSR count). The second-order valence-corrected chi connectivity index (χ2v) is 8.31. The highest BCUT2D eigenvalue weighted by Crippen LogP contribution is 2.25. The van der Waals surface area contributed by atoms with E-state index in [1.807, 2.05) is 19.9 Å². The highest BCUT2D eigenvalue weighted by Gasteiger charge is 2.27. The van der Waals surface area contributed by atoms with Gasteiger partial charge in [0.05, 0.1) is 10.6 Å². The summed E-state index contributed by atoms with van der Waals surface area (Å²) in [6.45, 7) is 4.14. The molecule has 5 nitrogen and oxygen atoms in total. The van der Waals surface area contributed by atoms with Crippen LogP contribution in [0, 0.1) is 6.92 Å². The van der Waals surface area contributed by atoms with Crippen molar-refractivity contribution in [3.63, 3.8) is 0 Å². The Balaban J connectivity index is 2.36. The van der Waals surface area contributed by atoms with E-state index in [2.05, 4.69) is 5.32 Å². The summed E-state index contributed by atoms with van der Waals surface area (Å²) in [6.07, 6.45) is 1.80. The molecule has 2 aromatic carbocycles. The van der Waals surface area contributed by atoms with Crippen LogP contribution in [0.2, 0.25) is 5.02 Å². The molecule has 0 saturated carbocycles. The van der Waals surface area contributed by atoms with Gasteiger partial charge in [0.1, 0.15) is 6.54 Å². The molecule has 1 N–H and O–H groups in total. The number of hydrogen-bond donors (Lipinski definition) is 1. The number of aryl methyl sites for hydroxylation is 1. The number of rotatable bonds is 8. The Bertz CT molecular complexity index is 851. The van der Waals surface area contributed by atoms with Crippen LogP contribution in [-0.2, 0) is 14.8 Å². The first-order valence-electron chi connectivity index (χ1n) is 8.46. The minimum absolute atomic E-state index is 0.0877. The maximum atomic E-state index is 13.1. The lowest BCUT2D eigenvalue weighted by Gasteiger charge is -2.24. The van der Waals surface area contributed by atoms with Gasteiger partial charge in [-0.15, -0.1) is 0 Å². The third-order valence-electron chi connectivity index (χ3n) is 3.83. The average molecular weight is 395 g/mol. The van der Waals surface area contributed by atoms with Crippen molar-refractivity contribution < 1.29 is 13.2 Å². The fraction of sp³-hybridized carbons (Fsp3) is 0.316. The van der Waals surface area contributed by atoms with E-state index in [0.717, 1.165) is 22.7 Å². The fourth-order valence-corrected chi connectivity index (χ4v) is 3.96. The summed E-state index contributed by atoms with van der Waals surface area (Å²) in [4.78, 5) is 12.4. The SMILES string of the molecule is CCCCNC(=O)CN(c1cccc(C)c1)S(=O)(=O)c1ccc(Cl)cc1. The van der Waals surface area contributed by atoms with Gasteiger partial charge in [0, 0.05) is 11.6 Å². The van der Waals surface area contributed by atoms with Gasteiger partial charge < -0.3 is 5.32 Å². The molecular formula is C19H23ClN2O3S. The predicted octanol–water partition coefficient (Wildman–Crippen LogP) is 3.76. The van der Waals surface area contributed by atoms with Crippen LogP contribution in [0.1, 0.15) is 25.3 Å². The molecule has 0 bridgehead atoms. The summed E-state index contributed by atoms with van der Waals surface area (Å²) in [6, 6.07) is 13.0. The largest absolute Gasteiger partial charge is 0.355 e. The molecule has 0 aliphatic rings. The zero-order valence-corrected chi connectivity index (χ0v) is 16.5. The molecule has 1 amide bonds. The summed E-state index contributed by atoms with van der Waals surface area (Å²) in [5, 5.41) is 3.21. The van der Waals surface area contributed by atoms with Gasteiger partial charge in [-0.2, -0.15) is 0 Å². The van der Waals surface area contributed by atoms with Gasteiger partial charge in [-0.1, -0.05) is 37.1 Å². The molecule has 0 radical (unpaired) electrons. The maximum absolute atomic E-state index is 13.1. The van der Waals surface area contributed by atoms with Gasteiger partial charge in [0.15, 0.2) is 0 Å². The Kier molecular flexibility index (Phi) is 7.06. The number of carbonyl (C=O) groups excluding carboxylic acids is 1. The van der Waals surface area contributed by atoms with Crippen LogP contribution in [0.15, 0.2) is 53.4 Å². The number of benzene rings is 2. The second kappa shape index (κ2) is 9.05. The minimum Gasteiger partial charge on any atom is -0.355 e. The first kappa shape index (κ1) is 20.3. The normalized spacial score (nSPS) is 11.2. The van der Waals surface area contributed by atoms with Gasteiger partial charge >= 0.3 is 0 Å².